The van der Waals surface area contributed by atoms with Crippen molar-refractivity contribution >= 4 is 22.4 Å². The molecular formula is C17H18N6S. The van der Waals surface area contributed by atoms with Gasteiger partial charge in [0.05, 0.1) is 17.9 Å². The van der Waals surface area contributed by atoms with Crippen LogP contribution in [0.4, 0.5) is 11.1 Å². The Morgan fingerprint density at radius 3 is 2.83 bits per heavy atom. The number of nitrogens with two attached hydrogens (primary N) is 1. The van der Waals surface area contributed by atoms with Gasteiger partial charge in [0.1, 0.15) is 0 Å². The number of aromatic nitrogens is 4. The summed E-state index contributed by atoms with van der Waals surface area (Å²) in [4.78, 5) is 21.5. The first kappa shape index (κ1) is 15.0. The predicted molar refractivity (Wildman–Crippen MR) is 96.0 cm³/mol. The van der Waals surface area contributed by atoms with Gasteiger partial charge in [0.15, 0.2) is 5.13 Å². The molecule has 7 heteroatoms. The van der Waals surface area contributed by atoms with E-state index in [1.165, 1.54) is 4.88 Å². The lowest BCUT2D eigenvalue weighted by atomic mass is 10.1. The molecule has 122 valence electrons. The van der Waals surface area contributed by atoms with E-state index in [1.807, 2.05) is 32.2 Å². The van der Waals surface area contributed by atoms with Gasteiger partial charge in [-0.1, -0.05) is 0 Å². The van der Waals surface area contributed by atoms with E-state index in [0.29, 0.717) is 5.13 Å². The molecule has 0 radical (unpaired) electrons. The Morgan fingerprint density at radius 2 is 2.00 bits per heavy atom. The molecule has 6 nitrogen and oxygen atoms in total. The highest BCUT2D eigenvalue weighted by Crippen LogP contribution is 2.29. The number of thiazole rings is 1. The predicted octanol–water partition coefficient (Wildman–Crippen LogP) is 2.76. The second-order valence-corrected chi connectivity index (χ2v) is 7.04. The van der Waals surface area contributed by atoms with Gasteiger partial charge in [0.25, 0.3) is 0 Å². The normalized spacial score (nSPS) is 13.8. The van der Waals surface area contributed by atoms with Crippen molar-refractivity contribution in [2.75, 3.05) is 17.2 Å². The van der Waals surface area contributed by atoms with Gasteiger partial charge >= 0.3 is 0 Å². The lowest BCUT2D eigenvalue weighted by molar-refractivity contribution is 0.707. The Hall–Kier alpha value is -2.54. The molecule has 0 fully saturated rings. The second-order valence-electron chi connectivity index (χ2n) is 5.92. The molecule has 0 atom stereocenters. The number of nitrogen functional groups attached to an aromatic ring is 1. The van der Waals surface area contributed by atoms with Crippen molar-refractivity contribution in [3.05, 3.63) is 46.4 Å². The number of aryl methyl sites for hydroxylation is 2. The van der Waals surface area contributed by atoms with Gasteiger partial charge in [-0.3, -0.25) is 4.98 Å². The van der Waals surface area contributed by atoms with Crippen molar-refractivity contribution in [2.24, 2.45) is 0 Å². The molecule has 4 heterocycles. The summed E-state index contributed by atoms with van der Waals surface area (Å²) < 4.78 is 0. The third-order valence-corrected chi connectivity index (χ3v) is 5.09. The third-order valence-electron chi connectivity index (χ3n) is 4.17. The number of hydrogen-bond donors (Lipinski definition) is 1. The number of anilines is 2. The first-order valence-corrected chi connectivity index (χ1v) is 8.68. The second kappa shape index (κ2) is 5.83. The summed E-state index contributed by atoms with van der Waals surface area (Å²) in [6.07, 6.45) is 2.69. The molecule has 2 N–H and O–H groups in total. The summed E-state index contributed by atoms with van der Waals surface area (Å²) in [5.41, 5.74) is 10.9. The maximum atomic E-state index is 5.82. The van der Waals surface area contributed by atoms with Crippen LogP contribution in [0, 0.1) is 13.8 Å². The lowest BCUT2D eigenvalue weighted by Crippen LogP contribution is -2.31. The van der Waals surface area contributed by atoms with E-state index >= 15 is 0 Å². The molecule has 0 aromatic carbocycles. The summed E-state index contributed by atoms with van der Waals surface area (Å²) in [5.74, 6) is 0.741. The first-order chi connectivity index (χ1) is 11.6. The van der Waals surface area contributed by atoms with Gasteiger partial charge < -0.3 is 10.6 Å². The van der Waals surface area contributed by atoms with Crippen molar-refractivity contribution < 1.29 is 0 Å². The van der Waals surface area contributed by atoms with E-state index in [1.54, 1.807) is 11.3 Å². The summed E-state index contributed by atoms with van der Waals surface area (Å²) in [7, 11) is 0. The fourth-order valence-electron chi connectivity index (χ4n) is 2.99. The Labute approximate surface area is 144 Å². The molecule has 0 unspecified atom stereocenters. The molecule has 1 aliphatic rings. The summed E-state index contributed by atoms with van der Waals surface area (Å²) in [5, 5.41) is 0.637. The Kier molecular flexibility index (Phi) is 3.65. The summed E-state index contributed by atoms with van der Waals surface area (Å²) >= 11 is 1.55. The number of nitrogens with zero attached hydrogens (tertiary/aromatic N) is 5. The smallest absolute Gasteiger partial charge is 0.226 e. The van der Waals surface area contributed by atoms with E-state index in [4.69, 9.17) is 10.7 Å². The minimum absolute atomic E-state index is 0.637. The Balaban J connectivity index is 1.66. The first-order valence-electron chi connectivity index (χ1n) is 7.87. The molecule has 0 aliphatic carbocycles. The fraction of sp³-hybridized carbons (Fsp3) is 0.294. The minimum atomic E-state index is 0.637. The van der Waals surface area contributed by atoms with Crippen LogP contribution in [0.5, 0.6) is 0 Å². The zero-order chi connectivity index (χ0) is 16.7. The van der Waals surface area contributed by atoms with Crippen molar-refractivity contribution in [3.63, 3.8) is 0 Å². The van der Waals surface area contributed by atoms with Crippen LogP contribution < -0.4 is 10.6 Å². The molecule has 0 saturated carbocycles. The van der Waals surface area contributed by atoms with Crippen LogP contribution in [-0.2, 0) is 13.0 Å². The van der Waals surface area contributed by atoms with Crippen LogP contribution in [0.1, 0.15) is 22.0 Å². The quantitative estimate of drug-likeness (QED) is 0.774. The zero-order valence-corrected chi connectivity index (χ0v) is 14.5. The Morgan fingerprint density at radius 1 is 1.12 bits per heavy atom. The highest BCUT2D eigenvalue weighted by molar-refractivity contribution is 7.15. The molecule has 0 saturated heterocycles. The summed E-state index contributed by atoms with van der Waals surface area (Å²) in [6, 6.07) is 6.02. The molecular weight excluding hydrogens is 320 g/mol. The van der Waals surface area contributed by atoms with Crippen molar-refractivity contribution in [2.45, 2.75) is 26.8 Å². The van der Waals surface area contributed by atoms with E-state index in [-0.39, 0.29) is 0 Å². The van der Waals surface area contributed by atoms with Crippen LogP contribution >= 0.6 is 11.3 Å². The minimum Gasteiger partial charge on any atom is -0.375 e. The number of rotatable bonds is 2. The van der Waals surface area contributed by atoms with E-state index < -0.39 is 0 Å². The monoisotopic (exact) mass is 338 g/mol. The number of hydrogen-bond acceptors (Lipinski definition) is 7. The standard InChI is InChI=1S/C17H18N6S/c1-10-3-4-12(11(2)20-10)13-5-7-19-17(22-13)23-8-6-14-15(9-23)24-16(18)21-14/h3-5,7H,6,8-9H2,1-2H3,(H2,18,21). The largest absolute Gasteiger partial charge is 0.375 e. The van der Waals surface area contributed by atoms with Gasteiger partial charge in [0.2, 0.25) is 5.95 Å². The molecule has 0 spiro atoms. The van der Waals surface area contributed by atoms with Crippen molar-refractivity contribution in [1.29, 1.82) is 0 Å². The molecule has 0 bridgehead atoms. The maximum absolute atomic E-state index is 5.82. The number of fused-ring (bicyclic) bond motifs is 1. The molecule has 4 rings (SSSR count). The maximum Gasteiger partial charge on any atom is 0.226 e. The number of pyridine rings is 1. The fourth-order valence-corrected chi connectivity index (χ4v) is 3.89. The zero-order valence-electron chi connectivity index (χ0n) is 13.7. The van der Waals surface area contributed by atoms with Crippen LogP contribution in [0.2, 0.25) is 0 Å². The average Bonchev–Trinajstić information content (AvgIpc) is 2.94. The van der Waals surface area contributed by atoms with Crippen molar-refractivity contribution in [1.82, 2.24) is 19.9 Å². The topological polar surface area (TPSA) is 80.8 Å². The highest BCUT2D eigenvalue weighted by Gasteiger charge is 2.22. The Bertz CT molecular complexity index is 904. The molecule has 0 amide bonds. The summed E-state index contributed by atoms with van der Waals surface area (Å²) in [6.45, 7) is 5.62. The lowest BCUT2D eigenvalue weighted by Gasteiger charge is -2.26. The molecule has 3 aromatic rings. The van der Waals surface area contributed by atoms with Gasteiger partial charge in [0, 0.05) is 41.0 Å². The van der Waals surface area contributed by atoms with Gasteiger partial charge in [-0.05, 0) is 32.0 Å². The van der Waals surface area contributed by atoms with Gasteiger partial charge in [-0.15, -0.1) is 11.3 Å². The van der Waals surface area contributed by atoms with E-state index in [2.05, 4.69) is 25.9 Å². The van der Waals surface area contributed by atoms with E-state index in [9.17, 15) is 0 Å². The molecule has 1 aliphatic heterocycles. The van der Waals surface area contributed by atoms with Crippen LogP contribution in [0.3, 0.4) is 0 Å². The van der Waals surface area contributed by atoms with Crippen molar-refractivity contribution in [3.8, 4) is 11.3 Å². The van der Waals surface area contributed by atoms with Crippen LogP contribution in [0.25, 0.3) is 11.3 Å². The SMILES string of the molecule is Cc1ccc(-c2ccnc(N3CCc4nc(N)sc4C3)n2)c(C)n1. The molecule has 3 aromatic heterocycles. The van der Waals surface area contributed by atoms with Gasteiger partial charge in [-0.25, -0.2) is 15.0 Å². The average molecular weight is 338 g/mol. The third kappa shape index (κ3) is 2.71. The highest BCUT2D eigenvalue weighted by atomic mass is 32.1. The van der Waals surface area contributed by atoms with E-state index in [0.717, 1.165) is 53.8 Å². The van der Waals surface area contributed by atoms with Crippen LogP contribution in [0.15, 0.2) is 24.4 Å². The molecule has 24 heavy (non-hydrogen) atoms. The van der Waals surface area contributed by atoms with Gasteiger partial charge in [-0.2, -0.15) is 0 Å². The van der Waals surface area contributed by atoms with Crippen LogP contribution in [-0.4, -0.2) is 26.5 Å².